The monoisotopic (exact) mass is 481 g/mol. The highest BCUT2D eigenvalue weighted by molar-refractivity contribution is 7.99. The Kier molecular flexibility index (Phi) is 13.1. The van der Waals surface area contributed by atoms with E-state index in [1.54, 1.807) is 39.5 Å². The van der Waals surface area contributed by atoms with Gasteiger partial charge in [0.15, 0.2) is 0 Å². The van der Waals surface area contributed by atoms with Gasteiger partial charge in [0.05, 0.1) is 26.4 Å². The molecule has 0 saturated heterocycles. The number of carbonyl (C=O) groups is 1. The van der Waals surface area contributed by atoms with E-state index in [4.69, 9.17) is 18.1 Å². The zero-order valence-electron chi connectivity index (χ0n) is 18.1. The molecule has 0 bridgehead atoms. The Morgan fingerprint density at radius 1 is 0.900 bits per heavy atom. The molecule has 0 unspecified atom stereocenters. The molecule has 11 heteroatoms. The van der Waals surface area contributed by atoms with E-state index in [1.165, 1.54) is 0 Å². The summed E-state index contributed by atoms with van der Waals surface area (Å²) in [5, 5.41) is 2.56. The van der Waals surface area contributed by atoms with E-state index in [2.05, 4.69) is 5.32 Å². The van der Waals surface area contributed by atoms with Crippen molar-refractivity contribution >= 4 is 32.9 Å². The quantitative estimate of drug-likeness (QED) is 0.188. The maximum absolute atomic E-state index is 13.4. The first kappa shape index (κ1) is 27.4. The van der Waals surface area contributed by atoms with Crippen LogP contribution in [0.1, 0.15) is 40.5 Å². The first-order valence-electron chi connectivity index (χ1n) is 10.1. The second kappa shape index (κ2) is 14.4. The van der Waals surface area contributed by atoms with Crippen LogP contribution < -0.4 is 5.32 Å². The molecule has 0 fully saturated rings. The number of amides is 1. The molecule has 1 rings (SSSR count). The predicted octanol–water partition coefficient (Wildman–Crippen LogP) is 5.49. The average Bonchev–Trinajstić information content (AvgIpc) is 2.71. The van der Waals surface area contributed by atoms with Crippen LogP contribution in [0.15, 0.2) is 35.2 Å². The van der Waals surface area contributed by atoms with Crippen LogP contribution in [0.4, 0.5) is 0 Å². The summed E-state index contributed by atoms with van der Waals surface area (Å²) >= 11 is 1.64. The first-order chi connectivity index (χ1) is 14.3. The molecule has 0 atom stereocenters. The number of hydrogen-bond acceptors (Lipinski definition) is 8. The maximum Gasteiger partial charge on any atom is 0.365 e. The van der Waals surface area contributed by atoms with E-state index >= 15 is 0 Å². The fourth-order valence-corrected chi connectivity index (χ4v) is 8.38. The zero-order chi connectivity index (χ0) is 22.5. The van der Waals surface area contributed by atoms with Crippen LogP contribution >= 0.6 is 27.0 Å². The molecule has 30 heavy (non-hydrogen) atoms. The number of nitrogens with one attached hydrogen (secondary N) is 1. The highest BCUT2D eigenvalue weighted by Crippen LogP contribution is 2.69. The molecule has 0 aliphatic heterocycles. The van der Waals surface area contributed by atoms with Crippen LogP contribution in [-0.4, -0.2) is 43.6 Å². The molecule has 0 aliphatic carbocycles. The standard InChI is InChI=1S/C19H33NO7P2S/c1-5-24-28(22,25-6-2)19(29(23,26-7-3)27-8-4)20-18(21)15-12-16-30-17-13-10-9-11-14-17/h9-11,13-14,19H,5-8,12,15-16H2,1-4H3,(H,20,21). The third-order valence-electron chi connectivity index (χ3n) is 3.69. The van der Waals surface area contributed by atoms with E-state index in [-0.39, 0.29) is 32.8 Å². The summed E-state index contributed by atoms with van der Waals surface area (Å²) in [5.41, 5.74) is -1.53. The van der Waals surface area contributed by atoms with Crippen molar-refractivity contribution in [3.8, 4) is 0 Å². The molecular formula is C19H33NO7P2S. The molecule has 0 aliphatic rings. The predicted molar refractivity (Wildman–Crippen MR) is 120 cm³/mol. The Morgan fingerprint density at radius 3 is 1.80 bits per heavy atom. The van der Waals surface area contributed by atoms with Crippen molar-refractivity contribution in [3.63, 3.8) is 0 Å². The maximum atomic E-state index is 13.4. The molecule has 0 radical (unpaired) electrons. The number of rotatable bonds is 16. The van der Waals surface area contributed by atoms with Gasteiger partial charge in [0.2, 0.25) is 11.4 Å². The smallest absolute Gasteiger partial charge is 0.332 e. The molecule has 0 heterocycles. The van der Waals surface area contributed by atoms with E-state index < -0.39 is 26.6 Å². The van der Waals surface area contributed by atoms with Gasteiger partial charge in [0.25, 0.3) is 0 Å². The van der Waals surface area contributed by atoms with Crippen molar-refractivity contribution in [1.29, 1.82) is 0 Å². The van der Waals surface area contributed by atoms with Crippen molar-refractivity contribution in [2.75, 3.05) is 32.2 Å². The van der Waals surface area contributed by atoms with Gasteiger partial charge in [-0.25, -0.2) is 0 Å². The van der Waals surface area contributed by atoms with Gasteiger partial charge < -0.3 is 23.4 Å². The minimum Gasteiger partial charge on any atom is -0.332 e. The van der Waals surface area contributed by atoms with E-state index in [0.29, 0.717) is 6.42 Å². The van der Waals surface area contributed by atoms with Crippen molar-refractivity contribution in [3.05, 3.63) is 30.3 Å². The molecule has 1 aromatic rings. The van der Waals surface area contributed by atoms with E-state index in [0.717, 1.165) is 10.6 Å². The normalized spacial score (nSPS) is 12.3. The summed E-state index contributed by atoms with van der Waals surface area (Å²) < 4.78 is 48.1. The lowest BCUT2D eigenvalue weighted by Gasteiger charge is -2.31. The summed E-state index contributed by atoms with van der Waals surface area (Å²) in [6.07, 6.45) is 0.742. The Hall–Kier alpha value is -0.660. The fraction of sp³-hybridized carbons (Fsp3) is 0.632. The van der Waals surface area contributed by atoms with Gasteiger partial charge in [0.1, 0.15) is 0 Å². The van der Waals surface area contributed by atoms with Crippen LogP contribution in [0.25, 0.3) is 0 Å². The van der Waals surface area contributed by atoms with Gasteiger partial charge in [0, 0.05) is 11.3 Å². The lowest BCUT2D eigenvalue weighted by atomic mass is 10.3. The van der Waals surface area contributed by atoms with Crippen LogP contribution in [-0.2, 0) is 32.0 Å². The Balaban J connectivity index is 2.88. The highest BCUT2D eigenvalue weighted by Gasteiger charge is 2.51. The summed E-state index contributed by atoms with van der Waals surface area (Å²) in [4.78, 5) is 13.7. The summed E-state index contributed by atoms with van der Waals surface area (Å²) in [7, 11) is -8.00. The second-order valence-electron chi connectivity index (χ2n) is 5.96. The van der Waals surface area contributed by atoms with Gasteiger partial charge >= 0.3 is 15.2 Å². The van der Waals surface area contributed by atoms with Crippen molar-refractivity contribution in [1.82, 2.24) is 5.32 Å². The second-order valence-corrected chi connectivity index (χ2v) is 11.8. The number of carbonyl (C=O) groups excluding carboxylic acids is 1. The van der Waals surface area contributed by atoms with Crippen LogP contribution in [0.2, 0.25) is 0 Å². The highest BCUT2D eigenvalue weighted by atomic mass is 32.2. The largest absolute Gasteiger partial charge is 0.365 e. The Labute approximate surface area is 183 Å². The molecule has 1 amide bonds. The Morgan fingerprint density at radius 2 is 1.37 bits per heavy atom. The third kappa shape index (κ3) is 8.83. The molecule has 0 saturated carbocycles. The molecule has 172 valence electrons. The lowest BCUT2D eigenvalue weighted by molar-refractivity contribution is -0.121. The van der Waals surface area contributed by atoms with Gasteiger partial charge in [-0.3, -0.25) is 13.9 Å². The minimum atomic E-state index is -4.00. The van der Waals surface area contributed by atoms with E-state index in [1.807, 2.05) is 30.3 Å². The number of thioether (sulfide) groups is 1. The van der Waals surface area contributed by atoms with Crippen LogP contribution in [0.3, 0.4) is 0 Å². The summed E-state index contributed by atoms with van der Waals surface area (Å²) in [6, 6.07) is 9.86. The van der Waals surface area contributed by atoms with E-state index in [9.17, 15) is 13.9 Å². The lowest BCUT2D eigenvalue weighted by Crippen LogP contribution is -2.37. The van der Waals surface area contributed by atoms with Gasteiger partial charge in [-0.05, 0) is 52.0 Å². The molecule has 0 spiro atoms. The van der Waals surface area contributed by atoms with Crippen molar-refractivity contribution < 1.29 is 32.0 Å². The minimum absolute atomic E-state index is 0.0512. The van der Waals surface area contributed by atoms with Crippen molar-refractivity contribution in [2.24, 2.45) is 0 Å². The van der Waals surface area contributed by atoms with Gasteiger partial charge in [-0.2, -0.15) is 0 Å². The topological polar surface area (TPSA) is 100 Å². The van der Waals surface area contributed by atoms with Gasteiger partial charge in [-0.1, -0.05) is 18.2 Å². The van der Waals surface area contributed by atoms with Crippen molar-refractivity contribution in [2.45, 2.75) is 51.0 Å². The number of benzene rings is 1. The molecule has 1 N–H and O–H groups in total. The molecule has 1 aromatic carbocycles. The summed E-state index contributed by atoms with van der Waals surface area (Å²) in [6.45, 7) is 6.75. The van der Waals surface area contributed by atoms with Crippen LogP contribution in [0.5, 0.6) is 0 Å². The molecule has 0 aromatic heterocycles. The number of hydrogen-bond donors (Lipinski definition) is 1. The molecular weight excluding hydrogens is 448 g/mol. The first-order valence-corrected chi connectivity index (χ1v) is 14.3. The summed E-state index contributed by atoms with van der Waals surface area (Å²) in [5.74, 6) is 0.304. The molecule has 8 nitrogen and oxygen atoms in total. The zero-order valence-corrected chi connectivity index (χ0v) is 20.7. The fourth-order valence-electron chi connectivity index (χ4n) is 2.56. The third-order valence-corrected chi connectivity index (χ3v) is 10.4. The SMILES string of the molecule is CCOP(=O)(OCC)C(NC(=O)CCCSc1ccccc1)P(=O)(OCC)OCC. The Bertz CT molecular complexity index is 670. The van der Waals surface area contributed by atoms with Gasteiger partial charge in [-0.15, -0.1) is 11.8 Å². The van der Waals surface area contributed by atoms with Crippen LogP contribution in [0, 0.1) is 0 Å². The average molecular weight is 481 g/mol.